The standard InChI is InChI=1S/C13H13BrN2O/c1-9(15)10-6-7-16-13(8-10)17-12-5-3-2-4-11(12)14/h2-9H,15H2,1H3/t9-/m1/s1. The fourth-order valence-electron chi connectivity index (χ4n) is 1.40. The van der Waals surface area contributed by atoms with Crippen molar-refractivity contribution in [1.82, 2.24) is 4.98 Å². The van der Waals surface area contributed by atoms with Crippen LogP contribution in [0, 0.1) is 0 Å². The molecule has 0 saturated carbocycles. The largest absolute Gasteiger partial charge is 0.438 e. The molecular weight excluding hydrogens is 280 g/mol. The summed E-state index contributed by atoms with van der Waals surface area (Å²) in [6, 6.07) is 11.4. The highest BCUT2D eigenvalue weighted by molar-refractivity contribution is 9.10. The lowest BCUT2D eigenvalue weighted by Crippen LogP contribution is -2.05. The van der Waals surface area contributed by atoms with Gasteiger partial charge >= 0.3 is 0 Å². The molecule has 0 bridgehead atoms. The Morgan fingerprint density at radius 3 is 2.76 bits per heavy atom. The van der Waals surface area contributed by atoms with E-state index in [-0.39, 0.29) is 6.04 Å². The number of para-hydroxylation sites is 1. The van der Waals surface area contributed by atoms with Crippen LogP contribution in [-0.2, 0) is 0 Å². The molecule has 0 aliphatic carbocycles. The highest BCUT2D eigenvalue weighted by atomic mass is 79.9. The van der Waals surface area contributed by atoms with Crippen LogP contribution in [0.25, 0.3) is 0 Å². The molecule has 0 unspecified atom stereocenters. The molecule has 0 fully saturated rings. The van der Waals surface area contributed by atoms with Crippen molar-refractivity contribution in [3.63, 3.8) is 0 Å². The molecule has 2 rings (SSSR count). The second kappa shape index (κ2) is 5.29. The van der Waals surface area contributed by atoms with E-state index < -0.39 is 0 Å². The summed E-state index contributed by atoms with van der Waals surface area (Å²) in [6.07, 6.45) is 1.70. The number of rotatable bonds is 3. The molecule has 1 aromatic heterocycles. The van der Waals surface area contributed by atoms with Gasteiger partial charge in [-0.3, -0.25) is 0 Å². The molecule has 17 heavy (non-hydrogen) atoms. The molecule has 2 N–H and O–H groups in total. The maximum atomic E-state index is 5.81. The van der Waals surface area contributed by atoms with Crippen molar-refractivity contribution in [2.24, 2.45) is 5.73 Å². The number of hydrogen-bond donors (Lipinski definition) is 1. The lowest BCUT2D eigenvalue weighted by Gasteiger charge is -2.09. The van der Waals surface area contributed by atoms with E-state index in [0.29, 0.717) is 5.88 Å². The summed E-state index contributed by atoms with van der Waals surface area (Å²) in [5, 5.41) is 0. The van der Waals surface area contributed by atoms with E-state index in [1.165, 1.54) is 0 Å². The lowest BCUT2D eigenvalue weighted by molar-refractivity contribution is 0.459. The number of pyridine rings is 1. The van der Waals surface area contributed by atoms with E-state index in [0.717, 1.165) is 15.8 Å². The van der Waals surface area contributed by atoms with E-state index in [9.17, 15) is 0 Å². The Balaban J connectivity index is 2.25. The lowest BCUT2D eigenvalue weighted by atomic mass is 10.1. The van der Waals surface area contributed by atoms with Crippen LogP contribution in [0.4, 0.5) is 0 Å². The van der Waals surface area contributed by atoms with Gasteiger partial charge in [0.05, 0.1) is 4.47 Å². The van der Waals surface area contributed by atoms with Crippen molar-refractivity contribution in [3.8, 4) is 11.6 Å². The number of benzene rings is 1. The second-order valence-electron chi connectivity index (χ2n) is 3.75. The van der Waals surface area contributed by atoms with Crippen molar-refractivity contribution in [1.29, 1.82) is 0 Å². The molecule has 4 heteroatoms. The number of ether oxygens (including phenoxy) is 1. The van der Waals surface area contributed by atoms with Gasteiger partial charge in [0, 0.05) is 18.3 Å². The Morgan fingerprint density at radius 2 is 2.06 bits per heavy atom. The third kappa shape index (κ3) is 3.05. The highest BCUT2D eigenvalue weighted by Gasteiger charge is 2.05. The summed E-state index contributed by atoms with van der Waals surface area (Å²) < 4.78 is 6.58. The Morgan fingerprint density at radius 1 is 1.29 bits per heavy atom. The van der Waals surface area contributed by atoms with Gasteiger partial charge in [-0.25, -0.2) is 4.98 Å². The van der Waals surface area contributed by atoms with Gasteiger partial charge in [0.15, 0.2) is 0 Å². The molecule has 1 aromatic carbocycles. The van der Waals surface area contributed by atoms with Gasteiger partial charge in [-0.2, -0.15) is 0 Å². The maximum Gasteiger partial charge on any atom is 0.219 e. The molecule has 0 aliphatic rings. The Kier molecular flexibility index (Phi) is 3.76. The second-order valence-corrected chi connectivity index (χ2v) is 4.60. The Bertz CT molecular complexity index is 514. The summed E-state index contributed by atoms with van der Waals surface area (Å²) in [5.74, 6) is 1.29. The van der Waals surface area contributed by atoms with Crippen LogP contribution < -0.4 is 10.5 Å². The average molecular weight is 293 g/mol. The maximum absolute atomic E-state index is 5.81. The Hall–Kier alpha value is -1.39. The van der Waals surface area contributed by atoms with Gasteiger partial charge < -0.3 is 10.5 Å². The van der Waals surface area contributed by atoms with E-state index in [1.54, 1.807) is 6.20 Å². The molecule has 1 heterocycles. The monoisotopic (exact) mass is 292 g/mol. The summed E-state index contributed by atoms with van der Waals surface area (Å²) in [7, 11) is 0. The molecule has 3 nitrogen and oxygen atoms in total. The van der Waals surface area contributed by atoms with E-state index >= 15 is 0 Å². The summed E-state index contributed by atoms with van der Waals surface area (Å²) in [5.41, 5.74) is 6.82. The number of aromatic nitrogens is 1. The number of nitrogens with two attached hydrogens (primary N) is 1. The van der Waals surface area contributed by atoms with Crippen LogP contribution in [0.5, 0.6) is 11.6 Å². The van der Waals surface area contributed by atoms with Gasteiger partial charge in [-0.15, -0.1) is 0 Å². The van der Waals surface area contributed by atoms with Crippen LogP contribution in [0.15, 0.2) is 47.1 Å². The van der Waals surface area contributed by atoms with Crippen LogP contribution in [0.1, 0.15) is 18.5 Å². The minimum atomic E-state index is -0.0282. The van der Waals surface area contributed by atoms with Crippen molar-refractivity contribution >= 4 is 15.9 Å². The van der Waals surface area contributed by atoms with E-state index in [2.05, 4.69) is 20.9 Å². The predicted octanol–water partition coefficient (Wildman–Crippen LogP) is 3.66. The summed E-state index contributed by atoms with van der Waals surface area (Å²) in [4.78, 5) is 4.16. The zero-order chi connectivity index (χ0) is 12.3. The predicted molar refractivity (Wildman–Crippen MR) is 71.1 cm³/mol. The minimum Gasteiger partial charge on any atom is -0.438 e. The smallest absolute Gasteiger partial charge is 0.219 e. The first-order chi connectivity index (χ1) is 8.16. The van der Waals surface area contributed by atoms with Crippen molar-refractivity contribution in [2.75, 3.05) is 0 Å². The van der Waals surface area contributed by atoms with Gasteiger partial charge in [0.2, 0.25) is 5.88 Å². The molecular formula is C13H13BrN2O. The first-order valence-corrected chi connectivity index (χ1v) is 6.10. The number of halogens is 1. The zero-order valence-electron chi connectivity index (χ0n) is 9.43. The molecule has 0 radical (unpaired) electrons. The molecule has 0 spiro atoms. The quantitative estimate of drug-likeness (QED) is 0.939. The van der Waals surface area contributed by atoms with E-state index in [4.69, 9.17) is 10.5 Å². The average Bonchev–Trinajstić information content (AvgIpc) is 2.32. The van der Waals surface area contributed by atoms with Gasteiger partial charge in [0.25, 0.3) is 0 Å². The third-order valence-electron chi connectivity index (χ3n) is 2.34. The van der Waals surface area contributed by atoms with Crippen molar-refractivity contribution in [2.45, 2.75) is 13.0 Å². The van der Waals surface area contributed by atoms with Crippen molar-refractivity contribution < 1.29 is 4.74 Å². The third-order valence-corrected chi connectivity index (χ3v) is 2.99. The fourth-order valence-corrected chi connectivity index (χ4v) is 1.77. The zero-order valence-corrected chi connectivity index (χ0v) is 11.0. The number of nitrogens with zero attached hydrogens (tertiary/aromatic N) is 1. The first-order valence-electron chi connectivity index (χ1n) is 5.31. The Labute approximate surface area is 109 Å². The molecule has 0 aliphatic heterocycles. The van der Waals surface area contributed by atoms with Gasteiger partial charge in [-0.05, 0) is 46.6 Å². The highest BCUT2D eigenvalue weighted by Crippen LogP contribution is 2.28. The van der Waals surface area contributed by atoms with Gasteiger partial charge in [-0.1, -0.05) is 12.1 Å². The van der Waals surface area contributed by atoms with Crippen LogP contribution in [0.2, 0.25) is 0 Å². The topological polar surface area (TPSA) is 48.1 Å². The molecule has 1 atom stereocenters. The first kappa shape index (κ1) is 12.1. The van der Waals surface area contributed by atoms with Crippen LogP contribution >= 0.6 is 15.9 Å². The summed E-state index contributed by atoms with van der Waals surface area (Å²) >= 11 is 3.42. The normalized spacial score (nSPS) is 12.2. The SMILES string of the molecule is C[C@@H](N)c1ccnc(Oc2ccccc2Br)c1. The van der Waals surface area contributed by atoms with Crippen molar-refractivity contribution in [3.05, 3.63) is 52.6 Å². The number of hydrogen-bond acceptors (Lipinski definition) is 3. The molecule has 2 aromatic rings. The summed E-state index contributed by atoms with van der Waals surface area (Å²) in [6.45, 7) is 1.93. The van der Waals surface area contributed by atoms with Crippen LogP contribution in [0.3, 0.4) is 0 Å². The van der Waals surface area contributed by atoms with Crippen LogP contribution in [-0.4, -0.2) is 4.98 Å². The van der Waals surface area contributed by atoms with E-state index in [1.807, 2.05) is 43.3 Å². The molecule has 0 amide bonds. The molecule has 88 valence electrons. The fraction of sp³-hybridized carbons (Fsp3) is 0.154. The molecule has 0 saturated heterocycles. The van der Waals surface area contributed by atoms with Gasteiger partial charge in [0.1, 0.15) is 5.75 Å². The minimum absolute atomic E-state index is 0.0282.